The molecule has 0 saturated heterocycles. The maximum absolute atomic E-state index is 10.3. The molecule has 1 saturated carbocycles. The predicted molar refractivity (Wildman–Crippen MR) is 93.1 cm³/mol. The highest BCUT2D eigenvalue weighted by atomic mass is 16.3. The third kappa shape index (κ3) is 4.63. The molecule has 1 aliphatic carbocycles. The number of nitrogens with zero attached hydrogens (tertiary/aromatic N) is 1. The fraction of sp³-hybridized carbons (Fsp3) is 0.450. The molecule has 23 heavy (non-hydrogen) atoms. The molecule has 2 aromatic rings. The molecular weight excluding hydrogens is 284 g/mol. The molecule has 0 aliphatic heterocycles. The third-order valence-electron chi connectivity index (χ3n) is 4.97. The van der Waals surface area contributed by atoms with Gasteiger partial charge in [0, 0.05) is 25.0 Å². The second-order valence-corrected chi connectivity index (χ2v) is 6.53. The van der Waals surface area contributed by atoms with E-state index in [9.17, 15) is 5.11 Å². The monoisotopic (exact) mass is 310 g/mol. The van der Waals surface area contributed by atoms with E-state index in [2.05, 4.69) is 40.6 Å². The lowest BCUT2D eigenvalue weighted by atomic mass is 9.94. The fourth-order valence-electron chi connectivity index (χ4n) is 3.61. The Morgan fingerprint density at radius 3 is 2.65 bits per heavy atom. The average molecular weight is 310 g/mol. The second kappa shape index (κ2) is 8.23. The highest BCUT2D eigenvalue weighted by molar-refractivity contribution is 5.15. The summed E-state index contributed by atoms with van der Waals surface area (Å²) in [5.41, 5.74) is 2.36. The van der Waals surface area contributed by atoms with Crippen molar-refractivity contribution in [3.8, 4) is 0 Å². The van der Waals surface area contributed by atoms with Crippen LogP contribution in [0.15, 0.2) is 54.9 Å². The summed E-state index contributed by atoms with van der Waals surface area (Å²) in [6.07, 6.45) is 9.21. The van der Waals surface area contributed by atoms with Crippen molar-refractivity contribution in [2.24, 2.45) is 5.92 Å². The molecule has 1 fully saturated rings. The van der Waals surface area contributed by atoms with Crippen molar-refractivity contribution in [1.29, 1.82) is 0 Å². The van der Waals surface area contributed by atoms with Crippen LogP contribution in [0.4, 0.5) is 0 Å². The van der Waals surface area contributed by atoms with Crippen molar-refractivity contribution in [3.05, 3.63) is 66.0 Å². The molecule has 1 aliphatic rings. The number of rotatable bonds is 7. The van der Waals surface area contributed by atoms with E-state index >= 15 is 0 Å². The molecule has 1 aromatic carbocycles. The van der Waals surface area contributed by atoms with Crippen molar-refractivity contribution < 1.29 is 5.11 Å². The maximum atomic E-state index is 10.3. The standard InChI is InChI=1S/C20H26N2O/c23-20(18-11-13-21-14-12-18)15-22-19-8-4-7-17(19)10-9-16-5-2-1-3-6-16/h1-3,5-6,11-14,17,19-20,22-23H,4,7-10,15H2. The molecule has 3 unspecified atom stereocenters. The summed E-state index contributed by atoms with van der Waals surface area (Å²) >= 11 is 0. The second-order valence-electron chi connectivity index (χ2n) is 6.53. The van der Waals surface area contributed by atoms with Gasteiger partial charge in [-0.3, -0.25) is 4.98 Å². The van der Waals surface area contributed by atoms with Gasteiger partial charge in [0.25, 0.3) is 0 Å². The van der Waals surface area contributed by atoms with E-state index in [0.29, 0.717) is 12.6 Å². The van der Waals surface area contributed by atoms with Crippen LogP contribution in [0.5, 0.6) is 0 Å². The van der Waals surface area contributed by atoms with Gasteiger partial charge in [-0.2, -0.15) is 0 Å². The highest BCUT2D eigenvalue weighted by Gasteiger charge is 2.27. The Labute approximate surface area is 138 Å². The van der Waals surface area contributed by atoms with E-state index in [1.165, 1.54) is 31.2 Å². The number of aromatic nitrogens is 1. The van der Waals surface area contributed by atoms with E-state index in [0.717, 1.165) is 17.9 Å². The van der Waals surface area contributed by atoms with Crippen molar-refractivity contribution in [3.63, 3.8) is 0 Å². The Morgan fingerprint density at radius 1 is 1.09 bits per heavy atom. The van der Waals surface area contributed by atoms with Crippen LogP contribution in [0.1, 0.15) is 42.9 Å². The van der Waals surface area contributed by atoms with E-state index in [1.807, 2.05) is 12.1 Å². The normalized spacial score (nSPS) is 22.1. The molecule has 0 spiro atoms. The lowest BCUT2D eigenvalue weighted by Gasteiger charge is -2.23. The summed E-state index contributed by atoms with van der Waals surface area (Å²) in [7, 11) is 0. The van der Waals surface area contributed by atoms with Gasteiger partial charge in [0.15, 0.2) is 0 Å². The van der Waals surface area contributed by atoms with Gasteiger partial charge in [-0.15, -0.1) is 0 Å². The SMILES string of the molecule is OC(CNC1CCCC1CCc1ccccc1)c1ccncc1. The molecule has 3 atom stereocenters. The van der Waals surface area contributed by atoms with Crippen LogP contribution in [-0.4, -0.2) is 22.7 Å². The van der Waals surface area contributed by atoms with Crippen molar-refractivity contribution >= 4 is 0 Å². The van der Waals surface area contributed by atoms with E-state index in [4.69, 9.17) is 0 Å². The summed E-state index contributed by atoms with van der Waals surface area (Å²) in [5, 5.41) is 13.9. The number of hydrogen-bond donors (Lipinski definition) is 2. The number of nitrogens with one attached hydrogen (secondary N) is 1. The predicted octanol–water partition coefficient (Wildman–Crippen LogP) is 3.51. The number of pyridine rings is 1. The number of aliphatic hydroxyl groups excluding tert-OH is 1. The van der Waals surface area contributed by atoms with Crippen LogP contribution in [0.25, 0.3) is 0 Å². The van der Waals surface area contributed by atoms with E-state index in [1.54, 1.807) is 12.4 Å². The van der Waals surface area contributed by atoms with Gasteiger partial charge in [-0.25, -0.2) is 0 Å². The van der Waals surface area contributed by atoms with Gasteiger partial charge in [0.1, 0.15) is 0 Å². The molecule has 3 rings (SSSR count). The van der Waals surface area contributed by atoms with Crippen LogP contribution in [0, 0.1) is 5.92 Å². The van der Waals surface area contributed by atoms with Gasteiger partial charge in [-0.1, -0.05) is 36.8 Å². The quantitative estimate of drug-likeness (QED) is 0.822. The molecule has 3 heteroatoms. The van der Waals surface area contributed by atoms with Crippen LogP contribution in [0.3, 0.4) is 0 Å². The summed E-state index contributed by atoms with van der Waals surface area (Å²) in [6.45, 7) is 0.622. The van der Waals surface area contributed by atoms with Crippen LogP contribution >= 0.6 is 0 Å². The average Bonchev–Trinajstić information content (AvgIpc) is 3.07. The first-order valence-corrected chi connectivity index (χ1v) is 8.68. The smallest absolute Gasteiger partial charge is 0.0915 e. The van der Waals surface area contributed by atoms with Gasteiger partial charge >= 0.3 is 0 Å². The Hall–Kier alpha value is -1.71. The lowest BCUT2D eigenvalue weighted by Crippen LogP contribution is -2.35. The van der Waals surface area contributed by atoms with Crippen LogP contribution < -0.4 is 5.32 Å². The maximum Gasteiger partial charge on any atom is 0.0915 e. The largest absolute Gasteiger partial charge is 0.387 e. The van der Waals surface area contributed by atoms with Crippen molar-refractivity contribution in [2.75, 3.05) is 6.54 Å². The number of aliphatic hydroxyl groups is 1. The zero-order valence-electron chi connectivity index (χ0n) is 13.6. The molecule has 2 N–H and O–H groups in total. The molecule has 1 heterocycles. The Morgan fingerprint density at radius 2 is 1.87 bits per heavy atom. The lowest BCUT2D eigenvalue weighted by molar-refractivity contribution is 0.165. The third-order valence-corrected chi connectivity index (χ3v) is 4.97. The summed E-state index contributed by atoms with van der Waals surface area (Å²) in [4.78, 5) is 4.00. The molecule has 1 aromatic heterocycles. The van der Waals surface area contributed by atoms with Gasteiger partial charge in [0.2, 0.25) is 0 Å². The number of aryl methyl sites for hydroxylation is 1. The summed E-state index contributed by atoms with van der Waals surface area (Å²) in [5.74, 6) is 0.722. The molecule has 122 valence electrons. The first-order valence-electron chi connectivity index (χ1n) is 8.68. The first kappa shape index (κ1) is 16.2. The minimum absolute atomic E-state index is 0.451. The Kier molecular flexibility index (Phi) is 5.78. The van der Waals surface area contributed by atoms with Crippen molar-refractivity contribution in [1.82, 2.24) is 10.3 Å². The molecular formula is C20H26N2O. The zero-order valence-corrected chi connectivity index (χ0v) is 13.6. The minimum atomic E-state index is -0.451. The summed E-state index contributed by atoms with van der Waals surface area (Å²) in [6, 6.07) is 15.0. The van der Waals surface area contributed by atoms with Crippen LogP contribution in [0.2, 0.25) is 0 Å². The van der Waals surface area contributed by atoms with Gasteiger partial charge in [0.05, 0.1) is 6.10 Å². The van der Waals surface area contributed by atoms with Crippen LogP contribution in [-0.2, 0) is 6.42 Å². The Bertz CT molecular complexity index is 573. The topological polar surface area (TPSA) is 45.1 Å². The van der Waals surface area contributed by atoms with Gasteiger partial charge in [-0.05, 0) is 54.9 Å². The summed E-state index contributed by atoms with van der Waals surface area (Å²) < 4.78 is 0. The molecule has 0 radical (unpaired) electrons. The number of hydrogen-bond acceptors (Lipinski definition) is 3. The molecule has 3 nitrogen and oxygen atoms in total. The fourth-order valence-corrected chi connectivity index (χ4v) is 3.61. The first-order chi connectivity index (χ1) is 11.3. The minimum Gasteiger partial charge on any atom is -0.387 e. The highest BCUT2D eigenvalue weighted by Crippen LogP contribution is 2.30. The van der Waals surface area contributed by atoms with E-state index in [-0.39, 0.29) is 0 Å². The molecule has 0 amide bonds. The van der Waals surface area contributed by atoms with E-state index < -0.39 is 6.10 Å². The number of benzene rings is 1. The van der Waals surface area contributed by atoms with Gasteiger partial charge < -0.3 is 10.4 Å². The van der Waals surface area contributed by atoms with Crippen molar-refractivity contribution in [2.45, 2.75) is 44.2 Å². The Balaban J connectivity index is 1.47. The zero-order chi connectivity index (χ0) is 15.9. The molecule has 0 bridgehead atoms.